The minimum Gasteiger partial charge on any atom is -0.473 e. The second kappa shape index (κ2) is 9.86. The summed E-state index contributed by atoms with van der Waals surface area (Å²) in [5.41, 5.74) is 2.91. The molecule has 0 fully saturated rings. The van der Waals surface area contributed by atoms with Crippen molar-refractivity contribution in [2.45, 2.75) is 84.7 Å². The first-order valence-corrected chi connectivity index (χ1v) is 11.0. The number of rotatable bonds is 10. The van der Waals surface area contributed by atoms with E-state index in [1.807, 2.05) is 0 Å². The molecule has 0 bridgehead atoms. The zero-order chi connectivity index (χ0) is 19.9. The van der Waals surface area contributed by atoms with Gasteiger partial charge < -0.3 is 4.74 Å². The normalized spacial score (nSPS) is 12.8. The number of hydrogen-bond acceptors (Lipinski definition) is 3. The highest BCUT2D eigenvalue weighted by Crippen LogP contribution is 2.32. The number of fused-ring (bicyclic) bond motifs is 3. The van der Waals surface area contributed by atoms with Crippen molar-refractivity contribution in [1.29, 1.82) is 0 Å². The molecule has 3 aromatic rings. The van der Waals surface area contributed by atoms with Crippen LogP contribution < -0.4 is 4.74 Å². The van der Waals surface area contributed by atoms with Crippen LogP contribution in [0.3, 0.4) is 0 Å². The molecule has 0 radical (unpaired) electrons. The summed E-state index contributed by atoms with van der Waals surface area (Å²) in [5.74, 6) is 1.07. The lowest BCUT2D eigenvalue weighted by molar-refractivity contribution is 0.164. The van der Waals surface area contributed by atoms with Gasteiger partial charge in [-0.3, -0.25) is 0 Å². The van der Waals surface area contributed by atoms with Crippen molar-refractivity contribution in [3.63, 3.8) is 0 Å². The summed E-state index contributed by atoms with van der Waals surface area (Å²) in [5, 5.41) is 2.37. The van der Waals surface area contributed by atoms with Crippen LogP contribution in [0.5, 0.6) is 5.88 Å². The van der Waals surface area contributed by atoms with E-state index in [-0.39, 0.29) is 6.10 Å². The highest BCUT2D eigenvalue weighted by atomic mass is 16.5. The molecule has 28 heavy (non-hydrogen) atoms. The summed E-state index contributed by atoms with van der Waals surface area (Å²) >= 11 is 0. The SMILES string of the molecule is CCCCC(CCCC)Oc1nc2ccc3ccccc3c2nc1C(C)CC. The van der Waals surface area contributed by atoms with Crippen LogP contribution in [0, 0.1) is 0 Å². The first-order valence-electron chi connectivity index (χ1n) is 11.0. The molecule has 3 rings (SSSR count). The predicted molar refractivity (Wildman–Crippen MR) is 119 cm³/mol. The Balaban J connectivity index is 2.05. The van der Waals surface area contributed by atoms with Gasteiger partial charge in [-0.05, 0) is 30.7 Å². The molecular formula is C25H34N2O. The van der Waals surface area contributed by atoms with E-state index in [1.54, 1.807) is 0 Å². The largest absolute Gasteiger partial charge is 0.473 e. The van der Waals surface area contributed by atoms with Gasteiger partial charge in [0.05, 0.1) is 11.0 Å². The average molecular weight is 379 g/mol. The van der Waals surface area contributed by atoms with Gasteiger partial charge in [-0.25, -0.2) is 9.97 Å². The quantitative estimate of drug-likeness (QED) is 0.344. The molecule has 0 N–H and O–H groups in total. The van der Waals surface area contributed by atoms with Gasteiger partial charge in [0, 0.05) is 11.3 Å². The zero-order valence-electron chi connectivity index (χ0n) is 17.9. The van der Waals surface area contributed by atoms with Gasteiger partial charge in [-0.2, -0.15) is 0 Å². The van der Waals surface area contributed by atoms with E-state index in [0.29, 0.717) is 5.92 Å². The third-order valence-corrected chi connectivity index (χ3v) is 5.67. The van der Waals surface area contributed by atoms with E-state index in [1.165, 1.54) is 31.1 Å². The van der Waals surface area contributed by atoms with Crippen molar-refractivity contribution < 1.29 is 4.74 Å². The van der Waals surface area contributed by atoms with Gasteiger partial charge in [-0.1, -0.05) is 83.7 Å². The maximum atomic E-state index is 6.52. The molecule has 0 aliphatic carbocycles. The lowest BCUT2D eigenvalue weighted by Gasteiger charge is -2.22. The van der Waals surface area contributed by atoms with E-state index in [9.17, 15) is 0 Å². The Kier molecular flexibility index (Phi) is 7.24. The number of ether oxygens (including phenoxy) is 1. The third kappa shape index (κ3) is 4.63. The molecule has 2 aromatic carbocycles. The molecular weight excluding hydrogens is 344 g/mol. The molecule has 1 heterocycles. The van der Waals surface area contributed by atoms with Crippen LogP contribution in [-0.4, -0.2) is 16.1 Å². The summed E-state index contributed by atoms with van der Waals surface area (Å²) < 4.78 is 6.52. The van der Waals surface area contributed by atoms with Gasteiger partial charge in [0.1, 0.15) is 11.8 Å². The monoisotopic (exact) mass is 378 g/mol. The molecule has 0 saturated heterocycles. The van der Waals surface area contributed by atoms with Gasteiger partial charge in [0.2, 0.25) is 5.88 Å². The van der Waals surface area contributed by atoms with E-state index in [2.05, 4.69) is 64.1 Å². The van der Waals surface area contributed by atoms with Crippen LogP contribution in [0.4, 0.5) is 0 Å². The molecule has 0 spiro atoms. The van der Waals surface area contributed by atoms with Crippen LogP contribution in [0.25, 0.3) is 21.8 Å². The zero-order valence-corrected chi connectivity index (χ0v) is 17.9. The summed E-state index contributed by atoms with van der Waals surface area (Å²) in [4.78, 5) is 10.1. The van der Waals surface area contributed by atoms with E-state index >= 15 is 0 Å². The minimum absolute atomic E-state index is 0.231. The molecule has 1 aromatic heterocycles. The predicted octanol–water partition coefficient (Wildman–Crippen LogP) is 7.42. The Morgan fingerprint density at radius 2 is 1.61 bits per heavy atom. The number of benzene rings is 2. The Bertz CT molecular complexity index is 898. The molecule has 1 atom stereocenters. The fourth-order valence-corrected chi connectivity index (χ4v) is 3.67. The lowest BCUT2D eigenvalue weighted by Crippen LogP contribution is -2.19. The smallest absolute Gasteiger partial charge is 0.236 e. The maximum absolute atomic E-state index is 6.52. The molecule has 150 valence electrons. The Hall–Kier alpha value is -2.16. The second-order valence-corrected chi connectivity index (χ2v) is 7.90. The number of nitrogens with zero attached hydrogens (tertiary/aromatic N) is 2. The molecule has 3 nitrogen and oxygen atoms in total. The molecule has 0 aliphatic rings. The summed E-state index contributed by atoms with van der Waals surface area (Å²) in [6, 6.07) is 12.6. The molecule has 0 saturated carbocycles. The summed E-state index contributed by atoms with van der Waals surface area (Å²) in [6.45, 7) is 8.90. The third-order valence-electron chi connectivity index (χ3n) is 5.67. The van der Waals surface area contributed by atoms with Crippen molar-refractivity contribution in [3.8, 4) is 5.88 Å². The Morgan fingerprint density at radius 3 is 2.29 bits per heavy atom. The fourth-order valence-electron chi connectivity index (χ4n) is 3.67. The lowest BCUT2D eigenvalue weighted by atomic mass is 10.0. The molecule has 0 amide bonds. The van der Waals surface area contributed by atoms with Crippen LogP contribution in [0.15, 0.2) is 36.4 Å². The van der Waals surface area contributed by atoms with Crippen molar-refractivity contribution >= 4 is 21.8 Å². The van der Waals surface area contributed by atoms with E-state index in [4.69, 9.17) is 14.7 Å². The fraction of sp³-hybridized carbons (Fsp3) is 0.520. The van der Waals surface area contributed by atoms with Crippen LogP contribution in [0.2, 0.25) is 0 Å². The van der Waals surface area contributed by atoms with E-state index in [0.717, 1.165) is 47.3 Å². The number of unbranched alkanes of at least 4 members (excludes halogenated alkanes) is 2. The minimum atomic E-state index is 0.231. The van der Waals surface area contributed by atoms with Gasteiger partial charge in [-0.15, -0.1) is 0 Å². The first-order chi connectivity index (χ1) is 13.7. The average Bonchev–Trinajstić information content (AvgIpc) is 2.74. The topological polar surface area (TPSA) is 35.0 Å². The van der Waals surface area contributed by atoms with Crippen molar-refractivity contribution in [2.75, 3.05) is 0 Å². The number of aromatic nitrogens is 2. The van der Waals surface area contributed by atoms with Gasteiger partial charge in [0.15, 0.2) is 0 Å². The molecule has 1 unspecified atom stereocenters. The van der Waals surface area contributed by atoms with Crippen molar-refractivity contribution in [2.24, 2.45) is 0 Å². The summed E-state index contributed by atoms with van der Waals surface area (Å²) in [7, 11) is 0. The van der Waals surface area contributed by atoms with Crippen LogP contribution in [0.1, 0.15) is 84.3 Å². The highest BCUT2D eigenvalue weighted by molar-refractivity contribution is 6.03. The van der Waals surface area contributed by atoms with Gasteiger partial charge in [0.25, 0.3) is 0 Å². The molecule has 0 aliphatic heterocycles. The second-order valence-electron chi connectivity index (χ2n) is 7.90. The highest BCUT2D eigenvalue weighted by Gasteiger charge is 2.20. The maximum Gasteiger partial charge on any atom is 0.236 e. The number of hydrogen-bond donors (Lipinski definition) is 0. The molecule has 3 heteroatoms. The summed E-state index contributed by atoms with van der Waals surface area (Å²) in [6.07, 6.45) is 8.21. The van der Waals surface area contributed by atoms with Crippen LogP contribution in [-0.2, 0) is 0 Å². The van der Waals surface area contributed by atoms with Gasteiger partial charge >= 0.3 is 0 Å². The van der Waals surface area contributed by atoms with Crippen molar-refractivity contribution in [1.82, 2.24) is 9.97 Å². The first kappa shape index (κ1) is 20.6. The van der Waals surface area contributed by atoms with Crippen LogP contribution >= 0.6 is 0 Å². The Labute approximate surface area is 169 Å². The Morgan fingerprint density at radius 1 is 0.893 bits per heavy atom. The van der Waals surface area contributed by atoms with Crippen molar-refractivity contribution in [3.05, 3.63) is 42.1 Å². The van der Waals surface area contributed by atoms with E-state index < -0.39 is 0 Å². The standard InChI is InChI=1S/C25H34N2O/c1-5-8-13-20(14-9-6-2)28-25-23(18(4)7-3)27-24-21-15-11-10-12-19(21)16-17-22(24)26-25/h10-12,15-18,20H,5-9,13-14H2,1-4H3.